The molecule has 0 aliphatic carbocycles. The van der Waals surface area contributed by atoms with Gasteiger partial charge in [0.15, 0.2) is 0 Å². The highest BCUT2D eigenvalue weighted by atomic mass is 32.2. The van der Waals surface area contributed by atoms with Gasteiger partial charge in [0.25, 0.3) is 0 Å². The SMILES string of the molecule is CCS(=O)(=O)Nc1ccc(NC(=O)CCCN)cc1C. The molecule has 0 saturated heterocycles. The first-order valence-corrected chi connectivity index (χ1v) is 8.14. The average Bonchev–Trinajstić information content (AvgIpc) is 2.39. The minimum atomic E-state index is -3.29. The summed E-state index contributed by atoms with van der Waals surface area (Å²) in [5.41, 5.74) is 7.25. The van der Waals surface area contributed by atoms with Crippen molar-refractivity contribution in [2.45, 2.75) is 26.7 Å². The number of anilines is 2. The Kier molecular flexibility index (Phi) is 5.97. The Bertz CT molecular complexity index is 570. The molecule has 7 heteroatoms. The van der Waals surface area contributed by atoms with Crippen LogP contribution in [0.1, 0.15) is 25.3 Å². The molecule has 0 fully saturated rings. The second kappa shape index (κ2) is 7.25. The minimum absolute atomic E-state index is 0.0179. The van der Waals surface area contributed by atoms with Crippen molar-refractivity contribution in [2.24, 2.45) is 5.73 Å². The Labute approximate surface area is 119 Å². The predicted molar refractivity (Wildman–Crippen MR) is 81.2 cm³/mol. The summed E-state index contributed by atoms with van der Waals surface area (Å²) in [6, 6.07) is 5.04. The molecule has 1 rings (SSSR count). The molecule has 0 aliphatic heterocycles. The maximum Gasteiger partial charge on any atom is 0.232 e. The summed E-state index contributed by atoms with van der Waals surface area (Å²) in [4.78, 5) is 11.6. The second-order valence-corrected chi connectivity index (χ2v) is 6.49. The van der Waals surface area contributed by atoms with Gasteiger partial charge in [0, 0.05) is 12.1 Å². The van der Waals surface area contributed by atoms with Crippen LogP contribution in [0.3, 0.4) is 0 Å². The molecule has 0 atom stereocenters. The maximum absolute atomic E-state index is 11.6. The Morgan fingerprint density at radius 3 is 2.60 bits per heavy atom. The number of aryl methyl sites for hydroxylation is 1. The van der Waals surface area contributed by atoms with Crippen molar-refractivity contribution in [1.82, 2.24) is 0 Å². The van der Waals surface area contributed by atoms with Gasteiger partial charge in [0.05, 0.1) is 11.4 Å². The molecule has 4 N–H and O–H groups in total. The van der Waals surface area contributed by atoms with Gasteiger partial charge in [-0.3, -0.25) is 9.52 Å². The van der Waals surface area contributed by atoms with Crippen LogP contribution in [0, 0.1) is 6.92 Å². The van der Waals surface area contributed by atoms with Gasteiger partial charge >= 0.3 is 0 Å². The lowest BCUT2D eigenvalue weighted by molar-refractivity contribution is -0.116. The molecule has 0 saturated carbocycles. The summed E-state index contributed by atoms with van der Waals surface area (Å²) in [5.74, 6) is -0.0824. The zero-order valence-electron chi connectivity index (χ0n) is 11.8. The number of rotatable bonds is 7. The van der Waals surface area contributed by atoms with Crippen molar-refractivity contribution in [3.8, 4) is 0 Å². The lowest BCUT2D eigenvalue weighted by atomic mass is 10.2. The molecule has 0 aliphatic rings. The van der Waals surface area contributed by atoms with Crippen LogP contribution in [0.4, 0.5) is 11.4 Å². The number of carbonyl (C=O) groups excluding carboxylic acids is 1. The van der Waals surface area contributed by atoms with Crippen LogP contribution < -0.4 is 15.8 Å². The lowest BCUT2D eigenvalue weighted by Gasteiger charge is -2.11. The van der Waals surface area contributed by atoms with E-state index >= 15 is 0 Å². The topological polar surface area (TPSA) is 101 Å². The summed E-state index contributed by atoms with van der Waals surface area (Å²) in [6.45, 7) is 3.83. The van der Waals surface area contributed by atoms with E-state index in [4.69, 9.17) is 5.73 Å². The van der Waals surface area contributed by atoms with Crippen LogP contribution in [-0.4, -0.2) is 26.6 Å². The van der Waals surface area contributed by atoms with Gasteiger partial charge in [0.1, 0.15) is 0 Å². The van der Waals surface area contributed by atoms with E-state index in [2.05, 4.69) is 10.0 Å². The molecular weight excluding hydrogens is 278 g/mol. The molecule has 0 heterocycles. The van der Waals surface area contributed by atoms with Gasteiger partial charge in [0.2, 0.25) is 15.9 Å². The molecule has 0 unspecified atom stereocenters. The molecule has 6 nitrogen and oxygen atoms in total. The molecule has 20 heavy (non-hydrogen) atoms. The number of hydrogen-bond acceptors (Lipinski definition) is 4. The number of amides is 1. The summed E-state index contributed by atoms with van der Waals surface area (Å²) < 4.78 is 25.5. The van der Waals surface area contributed by atoms with Crippen molar-refractivity contribution in [3.05, 3.63) is 23.8 Å². The van der Waals surface area contributed by atoms with Gasteiger partial charge in [-0.2, -0.15) is 0 Å². The highest BCUT2D eigenvalue weighted by molar-refractivity contribution is 7.92. The molecule has 0 aromatic heterocycles. The smallest absolute Gasteiger partial charge is 0.232 e. The highest BCUT2D eigenvalue weighted by Crippen LogP contribution is 2.21. The van der Waals surface area contributed by atoms with E-state index in [9.17, 15) is 13.2 Å². The fourth-order valence-electron chi connectivity index (χ4n) is 1.58. The van der Waals surface area contributed by atoms with Crippen molar-refractivity contribution in [2.75, 3.05) is 22.3 Å². The van der Waals surface area contributed by atoms with Crippen LogP contribution in [-0.2, 0) is 14.8 Å². The van der Waals surface area contributed by atoms with Gasteiger partial charge < -0.3 is 11.1 Å². The number of nitrogens with one attached hydrogen (secondary N) is 2. The predicted octanol–water partition coefficient (Wildman–Crippen LogP) is 1.43. The normalized spacial score (nSPS) is 11.2. The fourth-order valence-corrected chi connectivity index (χ4v) is 2.29. The Hall–Kier alpha value is -1.60. The monoisotopic (exact) mass is 299 g/mol. The van der Waals surface area contributed by atoms with E-state index in [1.165, 1.54) is 0 Å². The zero-order chi connectivity index (χ0) is 15.2. The third kappa shape index (κ3) is 5.18. The summed E-state index contributed by atoms with van der Waals surface area (Å²) >= 11 is 0. The summed E-state index contributed by atoms with van der Waals surface area (Å²) in [6.07, 6.45) is 1.01. The van der Waals surface area contributed by atoms with E-state index in [1.807, 2.05) is 0 Å². The number of sulfonamides is 1. The van der Waals surface area contributed by atoms with Crippen molar-refractivity contribution < 1.29 is 13.2 Å². The van der Waals surface area contributed by atoms with Crippen molar-refractivity contribution in [3.63, 3.8) is 0 Å². The molecule has 112 valence electrons. The Morgan fingerprint density at radius 1 is 1.35 bits per heavy atom. The van der Waals surface area contributed by atoms with E-state index in [0.29, 0.717) is 30.8 Å². The van der Waals surface area contributed by atoms with Gasteiger partial charge in [-0.1, -0.05) is 0 Å². The van der Waals surface area contributed by atoms with E-state index in [-0.39, 0.29) is 11.7 Å². The Balaban J connectivity index is 2.75. The van der Waals surface area contributed by atoms with Crippen LogP contribution in [0.5, 0.6) is 0 Å². The number of carbonyl (C=O) groups is 1. The molecule has 1 aromatic carbocycles. The molecular formula is C13H21N3O3S. The third-order valence-electron chi connectivity index (χ3n) is 2.76. The van der Waals surface area contributed by atoms with Crippen LogP contribution in [0.2, 0.25) is 0 Å². The van der Waals surface area contributed by atoms with Gasteiger partial charge in [-0.05, 0) is 50.6 Å². The van der Waals surface area contributed by atoms with Crippen LogP contribution in [0.15, 0.2) is 18.2 Å². The summed E-state index contributed by atoms with van der Waals surface area (Å²) in [7, 11) is -3.29. The van der Waals surface area contributed by atoms with Gasteiger partial charge in [-0.25, -0.2) is 8.42 Å². The quantitative estimate of drug-likeness (QED) is 0.709. The maximum atomic E-state index is 11.6. The van der Waals surface area contributed by atoms with Crippen molar-refractivity contribution >= 4 is 27.3 Å². The number of hydrogen-bond donors (Lipinski definition) is 3. The first kappa shape index (κ1) is 16.5. The molecule has 0 bridgehead atoms. The minimum Gasteiger partial charge on any atom is -0.330 e. The number of nitrogens with two attached hydrogens (primary N) is 1. The molecule has 1 aromatic rings. The standard InChI is InChI=1S/C13H21N3O3S/c1-3-20(18,19)16-12-7-6-11(9-10(12)2)15-13(17)5-4-8-14/h6-7,9,16H,3-5,8,14H2,1-2H3,(H,15,17). The van der Waals surface area contributed by atoms with Gasteiger partial charge in [-0.15, -0.1) is 0 Å². The second-order valence-electron chi connectivity index (χ2n) is 4.48. The first-order chi connectivity index (χ1) is 9.38. The lowest BCUT2D eigenvalue weighted by Crippen LogP contribution is -2.16. The first-order valence-electron chi connectivity index (χ1n) is 6.49. The van der Waals surface area contributed by atoms with E-state index in [0.717, 1.165) is 5.56 Å². The number of benzene rings is 1. The zero-order valence-corrected chi connectivity index (χ0v) is 12.6. The van der Waals surface area contributed by atoms with E-state index in [1.54, 1.807) is 32.0 Å². The molecule has 1 amide bonds. The summed E-state index contributed by atoms with van der Waals surface area (Å²) in [5, 5.41) is 2.75. The van der Waals surface area contributed by atoms with Crippen LogP contribution >= 0.6 is 0 Å². The molecule has 0 spiro atoms. The molecule has 0 radical (unpaired) electrons. The Morgan fingerprint density at radius 2 is 2.05 bits per heavy atom. The third-order valence-corrected chi connectivity index (χ3v) is 4.05. The highest BCUT2D eigenvalue weighted by Gasteiger charge is 2.09. The van der Waals surface area contributed by atoms with Crippen molar-refractivity contribution in [1.29, 1.82) is 0 Å². The largest absolute Gasteiger partial charge is 0.330 e. The van der Waals surface area contributed by atoms with E-state index < -0.39 is 10.0 Å². The fraction of sp³-hybridized carbons (Fsp3) is 0.462. The van der Waals surface area contributed by atoms with Crippen LogP contribution in [0.25, 0.3) is 0 Å². The average molecular weight is 299 g/mol.